The molecule has 23 heavy (non-hydrogen) atoms. The van der Waals surface area contributed by atoms with E-state index in [1.54, 1.807) is 38.3 Å². The van der Waals surface area contributed by atoms with E-state index < -0.39 is 11.9 Å². The molecule has 0 spiro atoms. The van der Waals surface area contributed by atoms with Crippen LogP contribution in [0, 0.1) is 0 Å². The van der Waals surface area contributed by atoms with Crippen molar-refractivity contribution >= 4 is 11.9 Å². The van der Waals surface area contributed by atoms with Crippen LogP contribution >= 0.6 is 0 Å². The fraction of sp³-hybridized carbons (Fsp3) is 0.250. The second-order valence-electron chi connectivity index (χ2n) is 4.82. The molecular formula is C16H17NO6. The molecule has 0 saturated carbocycles. The molecule has 1 aromatic carbocycles. The molecule has 0 radical (unpaired) electrons. The third-order valence-corrected chi connectivity index (χ3v) is 3.02. The van der Waals surface area contributed by atoms with Crippen molar-refractivity contribution in [1.29, 1.82) is 0 Å². The van der Waals surface area contributed by atoms with E-state index in [2.05, 4.69) is 5.32 Å². The van der Waals surface area contributed by atoms with Gasteiger partial charge in [-0.1, -0.05) is 0 Å². The van der Waals surface area contributed by atoms with Crippen LogP contribution in [-0.2, 0) is 0 Å². The summed E-state index contributed by atoms with van der Waals surface area (Å²) in [5, 5.41) is 11.4. The second kappa shape index (κ2) is 7.35. The van der Waals surface area contributed by atoms with Crippen molar-refractivity contribution in [3.05, 3.63) is 47.9 Å². The monoisotopic (exact) mass is 319 g/mol. The van der Waals surface area contributed by atoms with E-state index >= 15 is 0 Å². The Hall–Kier alpha value is -2.96. The van der Waals surface area contributed by atoms with Gasteiger partial charge in [0.1, 0.15) is 23.9 Å². The number of methoxy groups -OCH3 is 1. The average Bonchev–Trinajstić information content (AvgIpc) is 3.03. The molecule has 1 aromatic heterocycles. The third-order valence-electron chi connectivity index (χ3n) is 3.02. The van der Waals surface area contributed by atoms with Crippen LogP contribution in [0.2, 0.25) is 0 Å². The lowest BCUT2D eigenvalue weighted by Crippen LogP contribution is -2.33. The highest BCUT2D eigenvalue weighted by molar-refractivity contribution is 5.95. The van der Waals surface area contributed by atoms with Crippen molar-refractivity contribution in [3.63, 3.8) is 0 Å². The maximum Gasteiger partial charge on any atom is 0.338 e. The van der Waals surface area contributed by atoms with Crippen molar-refractivity contribution in [2.45, 2.75) is 13.0 Å². The van der Waals surface area contributed by atoms with E-state index in [1.165, 1.54) is 6.07 Å². The minimum Gasteiger partial charge on any atom is -0.497 e. The first-order chi connectivity index (χ1) is 11.0. The number of carboxylic acids is 1. The van der Waals surface area contributed by atoms with Crippen LogP contribution in [0.4, 0.5) is 0 Å². The third kappa shape index (κ3) is 4.50. The van der Waals surface area contributed by atoms with Gasteiger partial charge in [-0.2, -0.15) is 0 Å². The van der Waals surface area contributed by atoms with Crippen LogP contribution in [0.3, 0.4) is 0 Å². The van der Waals surface area contributed by atoms with E-state index in [-0.39, 0.29) is 24.0 Å². The Labute approximate surface area is 132 Å². The smallest absolute Gasteiger partial charge is 0.338 e. The van der Waals surface area contributed by atoms with Gasteiger partial charge in [0.2, 0.25) is 0 Å². The number of carbonyl (C=O) groups is 2. The summed E-state index contributed by atoms with van der Waals surface area (Å²) in [7, 11) is 1.58. The van der Waals surface area contributed by atoms with Crippen LogP contribution in [0.25, 0.3) is 0 Å². The predicted molar refractivity (Wildman–Crippen MR) is 81.1 cm³/mol. The Morgan fingerprint density at radius 2 is 1.91 bits per heavy atom. The Bertz CT molecular complexity index is 676. The number of nitrogens with one attached hydrogen (secondary N) is 1. The summed E-state index contributed by atoms with van der Waals surface area (Å²) in [6.45, 7) is 2.04. The van der Waals surface area contributed by atoms with E-state index in [4.69, 9.17) is 19.0 Å². The highest BCUT2D eigenvalue weighted by Gasteiger charge is 2.15. The summed E-state index contributed by atoms with van der Waals surface area (Å²) < 4.78 is 15.6. The van der Waals surface area contributed by atoms with Crippen molar-refractivity contribution < 1.29 is 28.6 Å². The summed E-state index contributed by atoms with van der Waals surface area (Å²) in [4.78, 5) is 22.6. The highest BCUT2D eigenvalue weighted by Crippen LogP contribution is 2.18. The van der Waals surface area contributed by atoms with Gasteiger partial charge in [0.05, 0.1) is 19.2 Å². The molecule has 1 unspecified atom stereocenters. The molecule has 1 atom stereocenters. The van der Waals surface area contributed by atoms with E-state index in [0.717, 1.165) is 12.0 Å². The van der Waals surface area contributed by atoms with Gasteiger partial charge >= 0.3 is 5.97 Å². The largest absolute Gasteiger partial charge is 0.497 e. The molecule has 0 bridgehead atoms. The molecule has 7 heteroatoms. The molecule has 7 nitrogen and oxygen atoms in total. The van der Waals surface area contributed by atoms with Gasteiger partial charge in [0, 0.05) is 6.07 Å². The number of carbonyl (C=O) groups excluding carboxylic acids is 1. The minimum atomic E-state index is -1.15. The average molecular weight is 319 g/mol. The van der Waals surface area contributed by atoms with Gasteiger partial charge in [-0.3, -0.25) is 4.79 Å². The molecular weight excluding hydrogens is 302 g/mol. The number of rotatable bonds is 7. The number of aromatic carboxylic acids is 1. The molecule has 122 valence electrons. The van der Waals surface area contributed by atoms with Crippen molar-refractivity contribution in [2.75, 3.05) is 13.7 Å². The SMILES string of the molecule is COc1ccc(OC(C)CNC(=O)c2cc(C(=O)O)co2)cc1. The summed E-state index contributed by atoms with van der Waals surface area (Å²) in [5.74, 6) is -0.324. The van der Waals surface area contributed by atoms with Crippen LogP contribution in [-0.4, -0.2) is 36.7 Å². The fourth-order valence-corrected chi connectivity index (χ4v) is 1.82. The molecule has 2 N–H and O–H groups in total. The lowest BCUT2D eigenvalue weighted by molar-refractivity contribution is 0.0696. The zero-order chi connectivity index (χ0) is 16.8. The van der Waals surface area contributed by atoms with Gasteiger partial charge in [-0.05, 0) is 31.2 Å². The van der Waals surface area contributed by atoms with E-state index in [9.17, 15) is 9.59 Å². The second-order valence-corrected chi connectivity index (χ2v) is 4.82. The first-order valence-electron chi connectivity index (χ1n) is 6.90. The molecule has 2 aromatic rings. The zero-order valence-electron chi connectivity index (χ0n) is 12.7. The number of ether oxygens (including phenoxy) is 2. The summed E-state index contributed by atoms with van der Waals surface area (Å²) >= 11 is 0. The lowest BCUT2D eigenvalue weighted by Gasteiger charge is -2.15. The number of furan rings is 1. The maximum absolute atomic E-state index is 11.9. The minimum absolute atomic E-state index is 0.0564. The molecule has 0 aliphatic rings. The number of amides is 1. The standard InChI is InChI=1S/C16H17NO6/c1-10(23-13-5-3-12(21-2)4-6-13)8-17-15(18)14-7-11(9-22-14)16(19)20/h3-7,9-10H,8H2,1-2H3,(H,17,18)(H,19,20). The van der Waals surface area contributed by atoms with Crippen molar-refractivity contribution in [1.82, 2.24) is 5.32 Å². The maximum atomic E-state index is 11.9. The number of benzene rings is 1. The van der Waals surface area contributed by atoms with Gasteiger partial charge in [0.15, 0.2) is 5.76 Å². The zero-order valence-corrected chi connectivity index (χ0v) is 12.7. The Balaban J connectivity index is 1.83. The van der Waals surface area contributed by atoms with Crippen LogP contribution in [0.5, 0.6) is 11.5 Å². The van der Waals surface area contributed by atoms with E-state index in [1.807, 2.05) is 0 Å². The van der Waals surface area contributed by atoms with Gasteiger partial charge < -0.3 is 24.3 Å². The quantitative estimate of drug-likeness (QED) is 0.812. The molecule has 1 amide bonds. The van der Waals surface area contributed by atoms with Crippen LogP contribution in [0.15, 0.2) is 41.0 Å². The highest BCUT2D eigenvalue weighted by atomic mass is 16.5. The molecule has 0 aliphatic carbocycles. The summed E-state index contributed by atoms with van der Waals surface area (Å²) in [6, 6.07) is 8.26. The lowest BCUT2D eigenvalue weighted by atomic mass is 10.3. The first kappa shape index (κ1) is 16.4. The van der Waals surface area contributed by atoms with Crippen molar-refractivity contribution in [3.8, 4) is 11.5 Å². The predicted octanol–water partition coefficient (Wildman–Crippen LogP) is 2.18. The Morgan fingerprint density at radius 3 is 2.48 bits per heavy atom. The molecule has 2 rings (SSSR count). The van der Waals surface area contributed by atoms with Crippen LogP contribution < -0.4 is 14.8 Å². The molecule has 0 saturated heterocycles. The number of carboxylic acid groups (broad SMARTS) is 1. The normalized spacial score (nSPS) is 11.6. The van der Waals surface area contributed by atoms with Gasteiger partial charge in [-0.15, -0.1) is 0 Å². The van der Waals surface area contributed by atoms with Gasteiger partial charge in [0.25, 0.3) is 5.91 Å². The fourth-order valence-electron chi connectivity index (χ4n) is 1.82. The Morgan fingerprint density at radius 1 is 1.26 bits per heavy atom. The summed E-state index contributed by atoms with van der Waals surface area (Å²) in [5.41, 5.74) is -0.0716. The number of hydrogen-bond donors (Lipinski definition) is 2. The van der Waals surface area contributed by atoms with Crippen molar-refractivity contribution in [2.24, 2.45) is 0 Å². The van der Waals surface area contributed by atoms with E-state index in [0.29, 0.717) is 5.75 Å². The molecule has 0 fully saturated rings. The topological polar surface area (TPSA) is 98.0 Å². The number of hydrogen-bond acceptors (Lipinski definition) is 5. The molecule has 1 heterocycles. The van der Waals surface area contributed by atoms with Crippen LogP contribution in [0.1, 0.15) is 27.8 Å². The molecule has 0 aliphatic heterocycles. The van der Waals surface area contributed by atoms with Gasteiger partial charge in [-0.25, -0.2) is 4.79 Å². The first-order valence-corrected chi connectivity index (χ1v) is 6.90. The summed E-state index contributed by atoms with van der Waals surface area (Å²) in [6.07, 6.45) is 0.746. The Kier molecular flexibility index (Phi) is 5.24.